The first-order valence-corrected chi connectivity index (χ1v) is 5.36. The molecular formula is C11H17NO3. The lowest BCUT2D eigenvalue weighted by Crippen LogP contribution is -2.53. The molecule has 0 radical (unpaired) electrons. The SMILES string of the molecule is CN1C2COCC1CC(=CCC(=O)O)C2. The van der Waals surface area contributed by atoms with Crippen LogP contribution in [0, 0.1) is 0 Å². The molecule has 2 aliphatic rings. The molecule has 2 rings (SSSR count). The van der Waals surface area contributed by atoms with Crippen molar-refractivity contribution in [3.63, 3.8) is 0 Å². The first-order valence-electron chi connectivity index (χ1n) is 5.36. The molecular weight excluding hydrogens is 194 g/mol. The van der Waals surface area contributed by atoms with Gasteiger partial charge in [0.2, 0.25) is 0 Å². The minimum absolute atomic E-state index is 0.152. The van der Waals surface area contributed by atoms with Crippen LogP contribution in [0.25, 0.3) is 0 Å². The average molecular weight is 211 g/mol. The van der Waals surface area contributed by atoms with Gasteiger partial charge in [0.25, 0.3) is 0 Å². The van der Waals surface area contributed by atoms with Gasteiger partial charge in [0, 0.05) is 12.1 Å². The van der Waals surface area contributed by atoms with Crippen LogP contribution in [-0.2, 0) is 9.53 Å². The molecule has 2 bridgehead atoms. The van der Waals surface area contributed by atoms with Crippen molar-refractivity contribution in [3.05, 3.63) is 11.6 Å². The molecule has 2 unspecified atom stereocenters. The summed E-state index contributed by atoms with van der Waals surface area (Å²) in [5.41, 5.74) is 1.29. The van der Waals surface area contributed by atoms with E-state index in [1.165, 1.54) is 5.57 Å². The molecule has 2 heterocycles. The van der Waals surface area contributed by atoms with Gasteiger partial charge < -0.3 is 9.84 Å². The largest absolute Gasteiger partial charge is 0.481 e. The highest BCUT2D eigenvalue weighted by Gasteiger charge is 2.33. The van der Waals surface area contributed by atoms with Crippen LogP contribution < -0.4 is 0 Å². The minimum Gasteiger partial charge on any atom is -0.481 e. The summed E-state index contributed by atoms with van der Waals surface area (Å²) in [6, 6.07) is 0.884. The number of nitrogens with zero attached hydrogens (tertiary/aromatic N) is 1. The van der Waals surface area contributed by atoms with E-state index in [0.717, 1.165) is 26.1 Å². The molecule has 4 nitrogen and oxygen atoms in total. The number of carbonyl (C=O) groups is 1. The Morgan fingerprint density at radius 1 is 1.53 bits per heavy atom. The molecule has 0 saturated carbocycles. The molecule has 0 aromatic rings. The summed E-state index contributed by atoms with van der Waals surface area (Å²) in [4.78, 5) is 12.8. The van der Waals surface area contributed by atoms with Gasteiger partial charge in [0.1, 0.15) is 0 Å². The lowest BCUT2D eigenvalue weighted by Gasteiger charge is -2.44. The number of ether oxygens (including phenoxy) is 1. The summed E-state index contributed by atoms with van der Waals surface area (Å²) in [6.07, 6.45) is 3.94. The number of likely N-dealkylation sites (N-methyl/N-ethyl adjacent to an activating group) is 1. The summed E-state index contributed by atoms with van der Waals surface area (Å²) in [7, 11) is 2.13. The van der Waals surface area contributed by atoms with Crippen molar-refractivity contribution in [1.82, 2.24) is 4.90 Å². The van der Waals surface area contributed by atoms with Crippen molar-refractivity contribution in [3.8, 4) is 0 Å². The van der Waals surface area contributed by atoms with Crippen LogP contribution in [0.4, 0.5) is 0 Å². The predicted molar refractivity (Wildman–Crippen MR) is 55.7 cm³/mol. The third-order valence-electron chi connectivity index (χ3n) is 3.33. The van der Waals surface area contributed by atoms with Gasteiger partial charge in [-0.25, -0.2) is 0 Å². The van der Waals surface area contributed by atoms with E-state index in [-0.39, 0.29) is 6.42 Å². The number of hydrogen-bond acceptors (Lipinski definition) is 3. The number of rotatable bonds is 2. The monoisotopic (exact) mass is 211 g/mol. The highest BCUT2D eigenvalue weighted by molar-refractivity contribution is 5.68. The Labute approximate surface area is 89.5 Å². The molecule has 2 aliphatic heterocycles. The van der Waals surface area contributed by atoms with Crippen molar-refractivity contribution in [2.75, 3.05) is 20.3 Å². The van der Waals surface area contributed by atoms with Gasteiger partial charge in [0.15, 0.2) is 0 Å². The summed E-state index contributed by atoms with van der Waals surface area (Å²) in [5.74, 6) is -0.747. The van der Waals surface area contributed by atoms with Crippen molar-refractivity contribution in [2.45, 2.75) is 31.3 Å². The van der Waals surface area contributed by atoms with E-state index in [0.29, 0.717) is 12.1 Å². The van der Waals surface area contributed by atoms with E-state index in [9.17, 15) is 4.79 Å². The Bertz CT molecular complexity index is 272. The zero-order valence-electron chi connectivity index (χ0n) is 8.98. The molecule has 2 fully saturated rings. The van der Waals surface area contributed by atoms with Crippen LogP contribution in [0.2, 0.25) is 0 Å². The lowest BCUT2D eigenvalue weighted by molar-refractivity contribution is -0.136. The summed E-state index contributed by atoms with van der Waals surface area (Å²) in [6.45, 7) is 1.55. The summed E-state index contributed by atoms with van der Waals surface area (Å²) >= 11 is 0. The smallest absolute Gasteiger partial charge is 0.307 e. The zero-order chi connectivity index (χ0) is 10.8. The van der Waals surface area contributed by atoms with Crippen LogP contribution >= 0.6 is 0 Å². The van der Waals surface area contributed by atoms with Crippen LogP contribution in [0.3, 0.4) is 0 Å². The fourth-order valence-corrected chi connectivity index (χ4v) is 2.37. The fourth-order valence-electron chi connectivity index (χ4n) is 2.37. The van der Waals surface area contributed by atoms with E-state index in [1.54, 1.807) is 0 Å². The van der Waals surface area contributed by atoms with Gasteiger partial charge in [-0.1, -0.05) is 11.6 Å². The minimum atomic E-state index is -0.747. The number of fused-ring (bicyclic) bond motifs is 2. The normalized spacial score (nSPS) is 31.4. The number of aliphatic carboxylic acids is 1. The molecule has 4 heteroatoms. The highest BCUT2D eigenvalue weighted by atomic mass is 16.5. The van der Waals surface area contributed by atoms with E-state index in [1.807, 2.05) is 6.08 Å². The van der Waals surface area contributed by atoms with Gasteiger partial charge >= 0.3 is 5.97 Å². The Kier molecular flexibility index (Phi) is 3.07. The van der Waals surface area contributed by atoms with E-state index >= 15 is 0 Å². The van der Waals surface area contributed by atoms with Crippen LogP contribution in [0.5, 0.6) is 0 Å². The number of hydrogen-bond donors (Lipinski definition) is 1. The third kappa shape index (κ3) is 2.38. The van der Waals surface area contributed by atoms with Crippen LogP contribution in [-0.4, -0.2) is 48.3 Å². The van der Waals surface area contributed by atoms with Crippen molar-refractivity contribution < 1.29 is 14.6 Å². The molecule has 1 N–H and O–H groups in total. The van der Waals surface area contributed by atoms with Crippen molar-refractivity contribution in [2.24, 2.45) is 0 Å². The molecule has 84 valence electrons. The lowest BCUT2D eigenvalue weighted by atomic mass is 9.90. The Hall–Kier alpha value is -0.870. The Balaban J connectivity index is 2.01. The highest BCUT2D eigenvalue weighted by Crippen LogP contribution is 2.29. The molecule has 0 aromatic carbocycles. The number of piperidine rings is 1. The second-order valence-corrected chi connectivity index (χ2v) is 4.38. The second-order valence-electron chi connectivity index (χ2n) is 4.38. The maximum atomic E-state index is 10.5. The topological polar surface area (TPSA) is 49.8 Å². The van der Waals surface area contributed by atoms with E-state index in [2.05, 4.69) is 11.9 Å². The molecule has 2 atom stereocenters. The third-order valence-corrected chi connectivity index (χ3v) is 3.33. The van der Waals surface area contributed by atoms with Gasteiger partial charge in [-0.2, -0.15) is 0 Å². The van der Waals surface area contributed by atoms with Crippen molar-refractivity contribution >= 4 is 5.97 Å². The van der Waals surface area contributed by atoms with Gasteiger partial charge in [-0.05, 0) is 19.9 Å². The van der Waals surface area contributed by atoms with E-state index < -0.39 is 5.97 Å². The quantitative estimate of drug-likeness (QED) is 0.689. The van der Waals surface area contributed by atoms with Crippen molar-refractivity contribution in [1.29, 1.82) is 0 Å². The average Bonchev–Trinajstić information content (AvgIpc) is 2.15. The maximum absolute atomic E-state index is 10.5. The summed E-state index contributed by atoms with van der Waals surface area (Å²) < 4.78 is 5.50. The maximum Gasteiger partial charge on any atom is 0.307 e. The first-order chi connectivity index (χ1) is 7.16. The molecule has 0 amide bonds. The standard InChI is InChI=1S/C11H17NO3/c1-12-9-4-8(2-3-11(13)14)5-10(12)7-15-6-9/h2,9-10H,3-7H2,1H3,(H,13,14). The number of carboxylic acid groups (broad SMARTS) is 1. The Morgan fingerprint density at radius 3 is 2.67 bits per heavy atom. The van der Waals surface area contributed by atoms with Gasteiger partial charge in [-0.3, -0.25) is 9.69 Å². The first kappa shape index (κ1) is 10.6. The van der Waals surface area contributed by atoms with Crippen LogP contribution in [0.1, 0.15) is 19.3 Å². The molecule has 15 heavy (non-hydrogen) atoms. The molecule has 0 aromatic heterocycles. The summed E-state index contributed by atoms with van der Waals surface area (Å²) in [5, 5.41) is 8.62. The van der Waals surface area contributed by atoms with Crippen LogP contribution in [0.15, 0.2) is 11.6 Å². The molecule has 2 saturated heterocycles. The number of morpholine rings is 1. The second kappa shape index (κ2) is 4.33. The Morgan fingerprint density at radius 2 is 2.13 bits per heavy atom. The number of carboxylic acids is 1. The van der Waals surface area contributed by atoms with Gasteiger partial charge in [-0.15, -0.1) is 0 Å². The zero-order valence-corrected chi connectivity index (χ0v) is 8.98. The fraction of sp³-hybridized carbons (Fsp3) is 0.727. The predicted octanol–water partition coefficient (Wildman–Crippen LogP) is 0.881. The molecule has 0 aliphatic carbocycles. The van der Waals surface area contributed by atoms with E-state index in [4.69, 9.17) is 9.84 Å². The molecule has 0 spiro atoms. The van der Waals surface area contributed by atoms with Gasteiger partial charge in [0.05, 0.1) is 19.6 Å².